The molecule has 4 atom stereocenters. The van der Waals surface area contributed by atoms with Gasteiger partial charge in [0.15, 0.2) is 0 Å². The monoisotopic (exact) mass is 462 g/mol. The smallest absolute Gasteiger partial charge is 0.240 e. The zero-order chi connectivity index (χ0) is 21.8. The van der Waals surface area contributed by atoms with Gasteiger partial charge in [-0.15, -0.1) is 0 Å². The zero-order valence-electron chi connectivity index (χ0n) is 18.0. The van der Waals surface area contributed by atoms with E-state index >= 15 is 0 Å². The summed E-state index contributed by atoms with van der Waals surface area (Å²) in [5.41, 5.74) is 1.14. The Morgan fingerprint density at radius 3 is 2.71 bits per heavy atom. The maximum atomic E-state index is 12.6. The van der Waals surface area contributed by atoms with Gasteiger partial charge in [0.2, 0.25) is 10.0 Å². The number of likely N-dealkylation sites (N-methyl/N-ethyl adjacent to an activating group) is 1. The Hall–Kier alpha value is -1.51. The second-order valence-electron chi connectivity index (χ2n) is 8.83. The SMILES string of the molecule is CN(CCc1ccccn1)C[C@@H]1CN2CC[C@H]1C[C@@H]2CNS(=O)(=O)c1ccc(Cl)cc1. The molecule has 2 bridgehead atoms. The molecule has 0 saturated carbocycles. The van der Waals surface area contributed by atoms with Gasteiger partial charge in [0.1, 0.15) is 0 Å². The molecule has 4 heterocycles. The van der Waals surface area contributed by atoms with Gasteiger partial charge in [-0.2, -0.15) is 0 Å². The molecule has 0 aliphatic carbocycles. The molecule has 5 rings (SSSR count). The lowest BCUT2D eigenvalue weighted by molar-refractivity contribution is -0.00735. The van der Waals surface area contributed by atoms with Crippen molar-refractivity contribution in [1.29, 1.82) is 0 Å². The average Bonchev–Trinajstić information content (AvgIpc) is 2.78. The molecule has 1 N–H and O–H groups in total. The first kappa shape index (κ1) is 22.7. The fourth-order valence-corrected chi connectivity index (χ4v) is 6.11. The van der Waals surface area contributed by atoms with Gasteiger partial charge >= 0.3 is 0 Å². The van der Waals surface area contributed by atoms with E-state index < -0.39 is 10.0 Å². The maximum absolute atomic E-state index is 12.6. The maximum Gasteiger partial charge on any atom is 0.240 e. The van der Waals surface area contributed by atoms with Crippen molar-refractivity contribution in [3.63, 3.8) is 0 Å². The van der Waals surface area contributed by atoms with E-state index in [9.17, 15) is 8.42 Å². The normalized spacial score (nSPS) is 25.8. The highest BCUT2D eigenvalue weighted by Crippen LogP contribution is 2.36. The third-order valence-corrected chi connectivity index (χ3v) is 8.36. The number of fused-ring (bicyclic) bond motifs is 3. The predicted octanol–water partition coefficient (Wildman–Crippen LogP) is 2.90. The van der Waals surface area contributed by atoms with Gasteiger partial charge in [-0.3, -0.25) is 9.88 Å². The van der Waals surface area contributed by atoms with Crippen LogP contribution in [0.1, 0.15) is 18.5 Å². The third-order valence-electron chi connectivity index (χ3n) is 6.67. The van der Waals surface area contributed by atoms with Crippen LogP contribution >= 0.6 is 11.6 Å². The third kappa shape index (κ3) is 5.84. The van der Waals surface area contributed by atoms with Crippen LogP contribution in [0.25, 0.3) is 0 Å². The molecule has 6 nitrogen and oxygen atoms in total. The van der Waals surface area contributed by atoms with Crippen LogP contribution in [0.15, 0.2) is 53.6 Å². The van der Waals surface area contributed by atoms with Crippen LogP contribution in [0.4, 0.5) is 0 Å². The summed E-state index contributed by atoms with van der Waals surface area (Å²) in [5.74, 6) is 1.30. The Kier molecular flexibility index (Phi) is 7.29. The Bertz CT molecular complexity index is 955. The minimum atomic E-state index is -3.51. The molecule has 3 saturated heterocycles. The zero-order valence-corrected chi connectivity index (χ0v) is 19.5. The Labute approximate surface area is 190 Å². The van der Waals surface area contributed by atoms with E-state index in [0.29, 0.717) is 23.4 Å². The lowest BCUT2D eigenvalue weighted by atomic mass is 9.75. The summed E-state index contributed by atoms with van der Waals surface area (Å²) in [4.78, 5) is 9.57. The van der Waals surface area contributed by atoms with Crippen molar-refractivity contribution < 1.29 is 8.42 Å². The minimum absolute atomic E-state index is 0.264. The number of benzene rings is 1. The number of sulfonamides is 1. The number of rotatable bonds is 9. The van der Waals surface area contributed by atoms with E-state index in [1.807, 2.05) is 18.3 Å². The number of halogens is 1. The van der Waals surface area contributed by atoms with Crippen molar-refractivity contribution in [2.24, 2.45) is 11.8 Å². The summed E-state index contributed by atoms with van der Waals surface area (Å²) in [7, 11) is -1.32. The highest BCUT2D eigenvalue weighted by molar-refractivity contribution is 7.89. The van der Waals surface area contributed by atoms with E-state index in [2.05, 4.69) is 32.6 Å². The molecule has 8 heteroatoms. The van der Waals surface area contributed by atoms with Crippen molar-refractivity contribution >= 4 is 21.6 Å². The summed E-state index contributed by atoms with van der Waals surface area (Å²) < 4.78 is 28.0. The van der Waals surface area contributed by atoms with Crippen molar-refractivity contribution in [3.05, 3.63) is 59.4 Å². The number of nitrogens with one attached hydrogen (secondary N) is 1. The number of nitrogens with zero attached hydrogens (tertiary/aromatic N) is 3. The van der Waals surface area contributed by atoms with Crippen molar-refractivity contribution in [1.82, 2.24) is 19.5 Å². The number of aromatic nitrogens is 1. The molecular formula is C23H31ClN4O2S. The van der Waals surface area contributed by atoms with E-state index in [1.54, 1.807) is 24.3 Å². The standard InChI is InChI=1S/C23H31ClN4O2S/c1-27(12-10-21-4-2-3-11-25-21)16-19-17-28-13-9-18(19)14-22(28)15-26-31(29,30)23-7-5-20(24)6-8-23/h2-8,11,18-19,22,26H,9-10,12-17H2,1H3/t18-,19+,22+/m0/s1. The van der Waals surface area contributed by atoms with Crippen LogP contribution in [0, 0.1) is 11.8 Å². The van der Waals surface area contributed by atoms with Crippen LogP contribution in [0.3, 0.4) is 0 Å². The first-order chi connectivity index (χ1) is 14.9. The molecule has 168 valence electrons. The predicted molar refractivity (Wildman–Crippen MR) is 124 cm³/mol. The van der Waals surface area contributed by atoms with Crippen LogP contribution in [0.5, 0.6) is 0 Å². The molecule has 3 fully saturated rings. The Morgan fingerprint density at radius 1 is 1.23 bits per heavy atom. The summed E-state index contributed by atoms with van der Waals surface area (Å²) >= 11 is 5.88. The van der Waals surface area contributed by atoms with Gasteiger partial charge in [0.05, 0.1) is 4.90 Å². The first-order valence-electron chi connectivity index (χ1n) is 11.0. The molecule has 31 heavy (non-hydrogen) atoms. The molecule has 0 spiro atoms. The van der Waals surface area contributed by atoms with E-state index in [1.165, 1.54) is 6.42 Å². The lowest BCUT2D eigenvalue weighted by Crippen LogP contribution is -2.58. The number of hydrogen-bond donors (Lipinski definition) is 1. The molecule has 0 amide bonds. The molecule has 0 radical (unpaired) electrons. The number of hydrogen-bond acceptors (Lipinski definition) is 5. The molecular weight excluding hydrogens is 432 g/mol. The van der Waals surface area contributed by atoms with Gasteiger partial charge in [0, 0.05) is 55.6 Å². The van der Waals surface area contributed by atoms with Gasteiger partial charge in [-0.05, 0) is 74.7 Å². The van der Waals surface area contributed by atoms with Gasteiger partial charge < -0.3 is 4.90 Å². The molecule has 3 aliphatic heterocycles. The van der Waals surface area contributed by atoms with Crippen molar-refractivity contribution in [2.45, 2.75) is 30.2 Å². The van der Waals surface area contributed by atoms with E-state index in [4.69, 9.17) is 11.6 Å². The fraction of sp³-hybridized carbons (Fsp3) is 0.522. The second kappa shape index (κ2) is 9.96. The largest absolute Gasteiger partial charge is 0.306 e. The highest BCUT2D eigenvalue weighted by Gasteiger charge is 2.40. The molecule has 2 aromatic rings. The van der Waals surface area contributed by atoms with Crippen LogP contribution in [0.2, 0.25) is 5.02 Å². The Morgan fingerprint density at radius 2 is 2.03 bits per heavy atom. The second-order valence-corrected chi connectivity index (χ2v) is 11.0. The molecule has 1 aromatic heterocycles. The van der Waals surface area contributed by atoms with Gasteiger partial charge in [-0.25, -0.2) is 13.1 Å². The van der Waals surface area contributed by atoms with Crippen LogP contribution in [-0.2, 0) is 16.4 Å². The minimum Gasteiger partial charge on any atom is -0.306 e. The van der Waals surface area contributed by atoms with Gasteiger partial charge in [-0.1, -0.05) is 17.7 Å². The first-order valence-corrected chi connectivity index (χ1v) is 12.8. The average molecular weight is 463 g/mol. The summed E-state index contributed by atoms with van der Waals surface area (Å²) in [6.45, 7) is 4.66. The van der Waals surface area contributed by atoms with Crippen molar-refractivity contribution in [3.8, 4) is 0 Å². The van der Waals surface area contributed by atoms with Crippen LogP contribution in [-0.4, -0.2) is 69.0 Å². The lowest BCUT2D eigenvalue weighted by Gasteiger charge is -2.50. The number of pyridine rings is 1. The fourth-order valence-electron chi connectivity index (χ4n) is 4.91. The van der Waals surface area contributed by atoms with Gasteiger partial charge in [0.25, 0.3) is 0 Å². The molecule has 1 aromatic carbocycles. The van der Waals surface area contributed by atoms with E-state index in [-0.39, 0.29) is 10.9 Å². The quantitative estimate of drug-likeness (QED) is 0.620. The van der Waals surface area contributed by atoms with Crippen LogP contribution < -0.4 is 4.72 Å². The topological polar surface area (TPSA) is 65.5 Å². The Balaban J connectivity index is 1.26. The summed E-state index contributed by atoms with van der Waals surface area (Å²) in [6.07, 6.45) is 5.08. The van der Waals surface area contributed by atoms with Crippen molar-refractivity contribution in [2.75, 3.05) is 39.8 Å². The summed E-state index contributed by atoms with van der Waals surface area (Å²) in [6, 6.07) is 12.7. The van der Waals surface area contributed by atoms with E-state index in [0.717, 1.165) is 44.7 Å². The molecule has 3 aliphatic rings. The molecule has 1 unspecified atom stereocenters. The number of piperidine rings is 3. The summed E-state index contributed by atoms with van der Waals surface area (Å²) in [5, 5.41) is 0.533. The highest BCUT2D eigenvalue weighted by atomic mass is 35.5.